The molecule has 0 bridgehead atoms. The van der Waals surface area contributed by atoms with Gasteiger partial charge in [0.15, 0.2) is 0 Å². The molecule has 0 radical (unpaired) electrons. The number of ether oxygens (including phenoxy) is 1. The highest BCUT2D eigenvalue weighted by atomic mass is 16.5. The summed E-state index contributed by atoms with van der Waals surface area (Å²) in [5, 5.41) is 0. The van der Waals surface area contributed by atoms with Crippen LogP contribution in [0.5, 0.6) is 5.75 Å². The number of nitrogens with zero attached hydrogens (tertiary/aromatic N) is 3. The second-order valence-electron chi connectivity index (χ2n) is 7.56. The zero-order valence-corrected chi connectivity index (χ0v) is 17.6. The Morgan fingerprint density at radius 2 is 1.71 bits per heavy atom. The van der Waals surface area contributed by atoms with Crippen LogP contribution in [-0.4, -0.2) is 61.2 Å². The van der Waals surface area contributed by atoms with Crippen LogP contribution in [0.4, 0.5) is 5.82 Å². The van der Waals surface area contributed by atoms with Crippen LogP contribution < -0.4 is 10.5 Å². The van der Waals surface area contributed by atoms with Crippen molar-refractivity contribution in [1.29, 1.82) is 0 Å². The predicted molar refractivity (Wildman–Crippen MR) is 117 cm³/mol. The maximum Gasteiger partial charge on any atom is 0.128 e. The van der Waals surface area contributed by atoms with Crippen molar-refractivity contribution in [3.8, 4) is 17.0 Å². The maximum absolute atomic E-state index is 5.89. The molecule has 1 aliphatic rings. The summed E-state index contributed by atoms with van der Waals surface area (Å²) in [6, 6.07) is 10.2. The molecule has 1 aromatic heterocycles. The molecule has 1 aliphatic heterocycles. The second kappa shape index (κ2) is 9.89. The third-order valence-corrected chi connectivity index (χ3v) is 5.65. The van der Waals surface area contributed by atoms with Gasteiger partial charge in [-0.25, -0.2) is 4.98 Å². The summed E-state index contributed by atoms with van der Waals surface area (Å²) in [5.74, 6) is 1.40. The van der Waals surface area contributed by atoms with E-state index in [9.17, 15) is 0 Å². The number of methoxy groups -OCH3 is 1. The topological polar surface area (TPSA) is 54.6 Å². The molecule has 1 fully saturated rings. The lowest BCUT2D eigenvalue weighted by molar-refractivity contribution is 0.133. The van der Waals surface area contributed by atoms with Crippen LogP contribution in [0.15, 0.2) is 30.3 Å². The second-order valence-corrected chi connectivity index (χ2v) is 7.56. The molecule has 0 unspecified atom stereocenters. The number of hydrogen-bond donors (Lipinski definition) is 1. The Morgan fingerprint density at radius 1 is 1.00 bits per heavy atom. The van der Waals surface area contributed by atoms with Crippen LogP contribution in [0.2, 0.25) is 0 Å². The highest BCUT2D eigenvalue weighted by Gasteiger charge is 2.17. The number of rotatable bonds is 8. The van der Waals surface area contributed by atoms with Crippen LogP contribution in [-0.2, 0) is 12.8 Å². The van der Waals surface area contributed by atoms with Crippen molar-refractivity contribution < 1.29 is 4.74 Å². The van der Waals surface area contributed by atoms with Gasteiger partial charge >= 0.3 is 0 Å². The number of nitrogen functional groups attached to an aromatic ring is 1. The van der Waals surface area contributed by atoms with Gasteiger partial charge in [-0.05, 0) is 61.2 Å². The van der Waals surface area contributed by atoms with E-state index in [1.54, 1.807) is 7.11 Å². The van der Waals surface area contributed by atoms with Gasteiger partial charge in [-0.3, -0.25) is 0 Å². The van der Waals surface area contributed by atoms with Crippen molar-refractivity contribution >= 4 is 5.82 Å². The number of aryl methyl sites for hydroxylation is 1. The van der Waals surface area contributed by atoms with E-state index < -0.39 is 0 Å². The van der Waals surface area contributed by atoms with E-state index in [-0.39, 0.29) is 0 Å². The largest absolute Gasteiger partial charge is 0.496 e. The van der Waals surface area contributed by atoms with Crippen molar-refractivity contribution in [1.82, 2.24) is 14.8 Å². The van der Waals surface area contributed by atoms with Gasteiger partial charge in [0.05, 0.1) is 12.8 Å². The molecule has 5 heteroatoms. The highest BCUT2D eigenvalue weighted by molar-refractivity contribution is 5.70. The van der Waals surface area contributed by atoms with Gasteiger partial charge in [0.25, 0.3) is 0 Å². The molecule has 152 valence electrons. The molecule has 3 rings (SSSR count). The molecule has 0 aliphatic carbocycles. The van der Waals surface area contributed by atoms with E-state index in [0.717, 1.165) is 36.4 Å². The standard InChI is InChI=1S/C23H34N4O/c1-4-10-26-12-14-27(15-13-26)11-9-19-17-22(28-3)20(16-18(19)5-2)21-7-6-8-23(24)25-21/h6-8,16-17H,4-5,9-15H2,1-3H3,(H2,24,25). The Kier molecular flexibility index (Phi) is 7.29. The summed E-state index contributed by atoms with van der Waals surface area (Å²) in [6.07, 6.45) is 3.30. The molecule has 0 spiro atoms. The van der Waals surface area contributed by atoms with E-state index in [4.69, 9.17) is 10.5 Å². The van der Waals surface area contributed by atoms with E-state index >= 15 is 0 Å². The fraction of sp³-hybridized carbons (Fsp3) is 0.522. The summed E-state index contributed by atoms with van der Waals surface area (Å²) in [5.41, 5.74) is 10.5. The van der Waals surface area contributed by atoms with Crippen molar-refractivity contribution in [2.75, 3.05) is 52.1 Å². The normalized spacial score (nSPS) is 15.7. The van der Waals surface area contributed by atoms with E-state index in [0.29, 0.717) is 5.82 Å². The van der Waals surface area contributed by atoms with Crippen molar-refractivity contribution in [3.05, 3.63) is 41.5 Å². The monoisotopic (exact) mass is 382 g/mol. The van der Waals surface area contributed by atoms with Crippen molar-refractivity contribution in [3.63, 3.8) is 0 Å². The van der Waals surface area contributed by atoms with Gasteiger partial charge in [0.1, 0.15) is 11.6 Å². The molecular formula is C23H34N4O. The fourth-order valence-electron chi connectivity index (χ4n) is 4.03. The average Bonchev–Trinajstić information content (AvgIpc) is 2.72. The third kappa shape index (κ3) is 5.03. The van der Waals surface area contributed by atoms with E-state index in [2.05, 4.69) is 40.8 Å². The Morgan fingerprint density at radius 3 is 2.32 bits per heavy atom. The molecule has 1 saturated heterocycles. The molecule has 0 amide bonds. The fourth-order valence-corrected chi connectivity index (χ4v) is 4.03. The Hall–Kier alpha value is -2.11. The summed E-state index contributed by atoms with van der Waals surface area (Å²) in [7, 11) is 1.73. The first-order valence-corrected chi connectivity index (χ1v) is 10.5. The Labute approximate surface area is 169 Å². The lowest BCUT2D eigenvalue weighted by atomic mass is 9.96. The Bertz CT molecular complexity index is 769. The van der Waals surface area contributed by atoms with Gasteiger partial charge in [-0.1, -0.05) is 19.9 Å². The average molecular weight is 383 g/mol. The first-order chi connectivity index (χ1) is 13.6. The first-order valence-electron chi connectivity index (χ1n) is 10.5. The predicted octanol–water partition coefficient (Wildman–Crippen LogP) is 3.47. The molecule has 0 saturated carbocycles. The maximum atomic E-state index is 5.89. The van der Waals surface area contributed by atoms with E-state index in [1.807, 2.05) is 18.2 Å². The first kappa shape index (κ1) is 20.6. The lowest BCUT2D eigenvalue weighted by Crippen LogP contribution is -2.47. The van der Waals surface area contributed by atoms with Crippen molar-refractivity contribution in [2.45, 2.75) is 33.1 Å². The van der Waals surface area contributed by atoms with Gasteiger partial charge in [0.2, 0.25) is 0 Å². The minimum Gasteiger partial charge on any atom is -0.496 e. The summed E-state index contributed by atoms with van der Waals surface area (Å²) < 4.78 is 5.71. The summed E-state index contributed by atoms with van der Waals surface area (Å²) in [6.45, 7) is 11.5. The van der Waals surface area contributed by atoms with E-state index in [1.165, 1.54) is 50.3 Å². The minimum absolute atomic E-state index is 0.531. The van der Waals surface area contributed by atoms with Crippen molar-refractivity contribution in [2.24, 2.45) is 0 Å². The molecule has 0 atom stereocenters. The number of anilines is 1. The third-order valence-electron chi connectivity index (χ3n) is 5.65. The number of hydrogen-bond acceptors (Lipinski definition) is 5. The zero-order chi connectivity index (χ0) is 19.9. The van der Waals surface area contributed by atoms with Crippen LogP contribution >= 0.6 is 0 Å². The SMILES string of the molecule is CCCN1CCN(CCc2cc(OC)c(-c3cccc(N)n3)cc2CC)CC1. The van der Waals surface area contributed by atoms with Crippen LogP contribution in [0.25, 0.3) is 11.3 Å². The van der Waals surface area contributed by atoms with Gasteiger partial charge in [-0.2, -0.15) is 0 Å². The number of benzene rings is 1. The molecule has 2 N–H and O–H groups in total. The molecule has 2 aromatic rings. The Balaban J connectivity index is 1.73. The van der Waals surface area contributed by atoms with Gasteiger partial charge < -0.3 is 20.3 Å². The van der Waals surface area contributed by atoms with Gasteiger partial charge in [-0.15, -0.1) is 0 Å². The highest BCUT2D eigenvalue weighted by Crippen LogP contribution is 2.33. The smallest absolute Gasteiger partial charge is 0.128 e. The van der Waals surface area contributed by atoms with Gasteiger partial charge in [0, 0.05) is 38.3 Å². The molecule has 28 heavy (non-hydrogen) atoms. The molecule has 1 aromatic carbocycles. The summed E-state index contributed by atoms with van der Waals surface area (Å²) in [4.78, 5) is 9.65. The number of pyridine rings is 1. The molecule has 2 heterocycles. The van der Waals surface area contributed by atoms with Crippen LogP contribution in [0, 0.1) is 0 Å². The number of aromatic nitrogens is 1. The number of piperazine rings is 1. The molecular weight excluding hydrogens is 348 g/mol. The zero-order valence-electron chi connectivity index (χ0n) is 17.6. The van der Waals surface area contributed by atoms with Crippen LogP contribution in [0.3, 0.4) is 0 Å². The van der Waals surface area contributed by atoms with Crippen LogP contribution in [0.1, 0.15) is 31.4 Å². The number of nitrogens with two attached hydrogens (primary N) is 1. The summed E-state index contributed by atoms with van der Waals surface area (Å²) >= 11 is 0. The minimum atomic E-state index is 0.531. The lowest BCUT2D eigenvalue weighted by Gasteiger charge is -2.34. The molecule has 5 nitrogen and oxygen atoms in total. The quantitative estimate of drug-likeness (QED) is 0.758.